The topological polar surface area (TPSA) is 88.1 Å². The van der Waals surface area contributed by atoms with Crippen LogP contribution in [0.3, 0.4) is 0 Å². The second-order valence-corrected chi connectivity index (χ2v) is 10.8. The molecule has 0 saturated heterocycles. The third-order valence-corrected chi connectivity index (χ3v) is 6.01. The van der Waals surface area contributed by atoms with Crippen molar-refractivity contribution in [1.29, 1.82) is 0 Å². The molecule has 0 aliphatic heterocycles. The van der Waals surface area contributed by atoms with Crippen molar-refractivity contribution >= 4 is 19.5 Å². The summed E-state index contributed by atoms with van der Waals surface area (Å²) in [4.78, 5) is 22.9. The predicted octanol–water partition coefficient (Wildman–Crippen LogP) is 5.84. The van der Waals surface area contributed by atoms with Crippen LogP contribution in [-0.4, -0.2) is 31.5 Å². The fourth-order valence-electron chi connectivity index (χ4n) is 2.45. The molecule has 174 valence electrons. The first-order valence-electron chi connectivity index (χ1n) is 10.3. The van der Waals surface area contributed by atoms with Crippen LogP contribution in [0.1, 0.15) is 66.4 Å². The van der Waals surface area contributed by atoms with Gasteiger partial charge in [0.15, 0.2) is 0 Å². The molecule has 0 aliphatic carbocycles. The highest BCUT2D eigenvalue weighted by Crippen LogP contribution is 2.50. The van der Waals surface area contributed by atoms with Crippen molar-refractivity contribution in [3.63, 3.8) is 0 Å². The SMILES string of the molecule is CC(=O)OC/C(C)=C/CCP(=O)(OCOC(=O)C(C)(C)C)Oc1ccccc1C(C)C. The average molecular weight is 455 g/mol. The minimum absolute atomic E-state index is 0.0733. The fraction of sp³-hybridized carbons (Fsp3) is 0.565. The van der Waals surface area contributed by atoms with Gasteiger partial charge in [0.2, 0.25) is 6.79 Å². The lowest BCUT2D eigenvalue weighted by molar-refractivity contribution is -0.159. The Bertz CT molecular complexity index is 821. The summed E-state index contributed by atoms with van der Waals surface area (Å²) >= 11 is 0. The summed E-state index contributed by atoms with van der Waals surface area (Å²) in [5, 5.41) is 0. The molecule has 1 unspecified atom stereocenters. The summed E-state index contributed by atoms with van der Waals surface area (Å²) in [6.07, 6.45) is 2.27. The minimum Gasteiger partial charge on any atom is -0.461 e. The van der Waals surface area contributed by atoms with E-state index in [2.05, 4.69) is 0 Å². The van der Waals surface area contributed by atoms with Crippen molar-refractivity contribution in [3.8, 4) is 5.75 Å². The van der Waals surface area contributed by atoms with E-state index in [0.29, 0.717) is 12.2 Å². The van der Waals surface area contributed by atoms with E-state index >= 15 is 0 Å². The van der Waals surface area contributed by atoms with E-state index < -0.39 is 25.8 Å². The summed E-state index contributed by atoms with van der Waals surface area (Å²) in [5.74, 6) is -0.187. The highest BCUT2D eigenvalue weighted by molar-refractivity contribution is 7.54. The van der Waals surface area contributed by atoms with Gasteiger partial charge in [-0.15, -0.1) is 0 Å². The third kappa shape index (κ3) is 10.2. The maximum absolute atomic E-state index is 13.5. The van der Waals surface area contributed by atoms with Crippen LogP contribution in [0.5, 0.6) is 5.75 Å². The summed E-state index contributed by atoms with van der Waals surface area (Å²) in [5.41, 5.74) is 1.03. The van der Waals surface area contributed by atoms with E-state index in [1.807, 2.05) is 39.0 Å². The van der Waals surface area contributed by atoms with Gasteiger partial charge >= 0.3 is 19.5 Å². The molecule has 0 aliphatic rings. The van der Waals surface area contributed by atoms with E-state index in [1.165, 1.54) is 6.92 Å². The lowest BCUT2D eigenvalue weighted by Gasteiger charge is -2.23. The lowest BCUT2D eigenvalue weighted by Crippen LogP contribution is -2.24. The Morgan fingerprint density at radius 3 is 2.32 bits per heavy atom. The molecular weight excluding hydrogens is 419 g/mol. The van der Waals surface area contributed by atoms with Gasteiger partial charge in [-0.1, -0.05) is 38.1 Å². The first-order valence-corrected chi connectivity index (χ1v) is 12.0. The van der Waals surface area contributed by atoms with Crippen LogP contribution in [0, 0.1) is 5.41 Å². The van der Waals surface area contributed by atoms with Gasteiger partial charge in [-0.25, -0.2) is 4.57 Å². The van der Waals surface area contributed by atoms with E-state index in [0.717, 1.165) is 11.1 Å². The molecular formula is C23H35O7P. The molecule has 7 nitrogen and oxygen atoms in total. The van der Waals surface area contributed by atoms with Crippen molar-refractivity contribution < 1.29 is 32.7 Å². The second-order valence-electron chi connectivity index (χ2n) is 8.67. The lowest BCUT2D eigenvalue weighted by atomic mass is 9.98. The number of hydrogen-bond acceptors (Lipinski definition) is 7. The quantitative estimate of drug-likeness (QED) is 0.179. The van der Waals surface area contributed by atoms with Crippen LogP contribution in [0.25, 0.3) is 0 Å². The highest BCUT2D eigenvalue weighted by atomic mass is 31.2. The molecule has 0 radical (unpaired) electrons. The van der Waals surface area contributed by atoms with Gasteiger partial charge in [-0.3, -0.25) is 14.1 Å². The third-order valence-electron chi connectivity index (χ3n) is 4.23. The monoisotopic (exact) mass is 454 g/mol. The molecule has 1 aromatic carbocycles. The number of hydrogen-bond donors (Lipinski definition) is 0. The first-order chi connectivity index (χ1) is 14.3. The van der Waals surface area contributed by atoms with Crippen LogP contribution in [0.15, 0.2) is 35.9 Å². The summed E-state index contributed by atoms with van der Waals surface area (Å²) in [6, 6.07) is 7.34. The van der Waals surface area contributed by atoms with Crippen LogP contribution < -0.4 is 4.52 Å². The summed E-state index contributed by atoms with van der Waals surface area (Å²) in [6.45, 7) is 12.1. The molecule has 0 bridgehead atoms. The average Bonchev–Trinajstić information content (AvgIpc) is 2.65. The normalized spacial score (nSPS) is 14.1. The summed E-state index contributed by atoms with van der Waals surface area (Å²) in [7, 11) is -3.64. The van der Waals surface area contributed by atoms with Gasteiger partial charge in [0.25, 0.3) is 0 Å². The van der Waals surface area contributed by atoms with E-state index in [-0.39, 0.29) is 24.7 Å². The van der Waals surface area contributed by atoms with Gasteiger partial charge in [0.1, 0.15) is 12.4 Å². The Labute approximate surface area is 185 Å². The number of ether oxygens (including phenoxy) is 2. The maximum atomic E-state index is 13.5. The number of benzene rings is 1. The Kier molecular flexibility index (Phi) is 10.5. The second kappa shape index (κ2) is 12.1. The Hall–Kier alpha value is -2.11. The number of para-hydroxylation sites is 1. The number of rotatable bonds is 11. The molecule has 8 heteroatoms. The van der Waals surface area contributed by atoms with Gasteiger partial charge in [-0.2, -0.15) is 0 Å². The van der Waals surface area contributed by atoms with Crippen molar-refractivity contribution in [1.82, 2.24) is 0 Å². The first kappa shape index (κ1) is 26.9. The van der Waals surface area contributed by atoms with Crippen molar-refractivity contribution in [2.45, 2.75) is 60.8 Å². The van der Waals surface area contributed by atoms with E-state index in [4.69, 9.17) is 18.5 Å². The molecule has 0 aromatic heterocycles. The minimum atomic E-state index is -3.64. The van der Waals surface area contributed by atoms with E-state index in [9.17, 15) is 14.2 Å². The zero-order chi connectivity index (χ0) is 23.7. The van der Waals surface area contributed by atoms with Gasteiger partial charge < -0.3 is 14.0 Å². The molecule has 31 heavy (non-hydrogen) atoms. The Balaban J connectivity index is 2.93. The number of carbonyl (C=O) groups is 2. The standard InChI is InChI=1S/C23H35O7P/c1-17(2)20-12-8-9-13-21(20)30-31(26,29-16-28-22(25)23(5,6)7)14-10-11-18(3)15-27-19(4)24/h8-9,11-13,17H,10,14-16H2,1-7H3/b18-11+. The molecule has 1 atom stereocenters. The molecule has 0 saturated carbocycles. The van der Waals surface area contributed by atoms with Gasteiger partial charge in [0.05, 0.1) is 11.6 Å². The number of esters is 2. The molecule has 0 N–H and O–H groups in total. The maximum Gasteiger partial charge on any atom is 0.382 e. The van der Waals surface area contributed by atoms with Crippen LogP contribution >= 0.6 is 7.60 Å². The smallest absolute Gasteiger partial charge is 0.382 e. The van der Waals surface area contributed by atoms with Crippen LogP contribution in [0.2, 0.25) is 0 Å². The summed E-state index contributed by atoms with van der Waals surface area (Å²) < 4.78 is 34.9. The van der Waals surface area contributed by atoms with Gasteiger partial charge in [-0.05, 0) is 57.2 Å². The van der Waals surface area contributed by atoms with Crippen molar-refractivity contribution in [2.24, 2.45) is 5.41 Å². The molecule has 0 spiro atoms. The van der Waals surface area contributed by atoms with E-state index in [1.54, 1.807) is 32.9 Å². The zero-order valence-electron chi connectivity index (χ0n) is 19.6. The molecule has 0 amide bonds. The van der Waals surface area contributed by atoms with Crippen LogP contribution in [-0.2, 0) is 28.2 Å². The highest BCUT2D eigenvalue weighted by Gasteiger charge is 2.29. The fourth-order valence-corrected chi connectivity index (χ4v) is 3.84. The van der Waals surface area contributed by atoms with Crippen molar-refractivity contribution in [3.05, 3.63) is 41.5 Å². The number of carbonyl (C=O) groups excluding carboxylic acids is 2. The van der Waals surface area contributed by atoms with Crippen LogP contribution in [0.4, 0.5) is 0 Å². The molecule has 1 aromatic rings. The number of allylic oxidation sites excluding steroid dienone is 1. The Morgan fingerprint density at radius 2 is 1.74 bits per heavy atom. The molecule has 0 heterocycles. The van der Waals surface area contributed by atoms with Gasteiger partial charge in [0, 0.05) is 6.92 Å². The Morgan fingerprint density at radius 1 is 1.10 bits per heavy atom. The zero-order valence-corrected chi connectivity index (χ0v) is 20.5. The largest absolute Gasteiger partial charge is 0.461 e. The van der Waals surface area contributed by atoms with Crippen molar-refractivity contribution in [2.75, 3.05) is 19.6 Å². The molecule has 0 fully saturated rings. The molecule has 1 rings (SSSR count). The predicted molar refractivity (Wildman–Crippen MR) is 120 cm³/mol.